The number of hydrogen-bond acceptors (Lipinski definition) is 4. The molecule has 0 aromatic carbocycles. The molecule has 0 bridgehead atoms. The van der Waals surface area contributed by atoms with Gasteiger partial charge in [-0.2, -0.15) is 0 Å². The van der Waals surface area contributed by atoms with Crippen LogP contribution in [-0.4, -0.2) is 50.5 Å². The number of sulfone groups is 1. The minimum absolute atomic E-state index is 0.149. The third-order valence-corrected chi connectivity index (χ3v) is 4.37. The first-order valence-electron chi connectivity index (χ1n) is 5.09. The Morgan fingerprint density at radius 3 is 2.21 bits per heavy atom. The lowest BCUT2D eigenvalue weighted by molar-refractivity contribution is 0.254. The molecule has 4 nitrogen and oxygen atoms in total. The lowest BCUT2D eigenvalue weighted by atomic mass is 10.1. The average Bonchev–Trinajstić information content (AvgIpc) is 2.08. The van der Waals surface area contributed by atoms with Gasteiger partial charge in [-0.15, -0.1) is 0 Å². The predicted octanol–water partition coefficient (Wildman–Crippen LogP) is -0.300. The van der Waals surface area contributed by atoms with Crippen LogP contribution in [0.25, 0.3) is 0 Å². The van der Waals surface area contributed by atoms with Crippen LogP contribution in [0.5, 0.6) is 0 Å². The Bertz CT molecular complexity index is 261. The van der Waals surface area contributed by atoms with Gasteiger partial charge in [-0.3, -0.25) is 4.90 Å². The number of nitrogens with two attached hydrogens (primary N) is 1. The Labute approximate surface area is 86.4 Å². The van der Waals surface area contributed by atoms with Crippen LogP contribution in [0, 0.1) is 5.92 Å². The molecular weight excluding hydrogens is 200 g/mol. The van der Waals surface area contributed by atoms with Crippen molar-refractivity contribution in [3.05, 3.63) is 0 Å². The van der Waals surface area contributed by atoms with Crippen molar-refractivity contribution >= 4 is 9.84 Å². The standard InChI is InChI=1S/C9H20N2O2S/c1-8(2)9(10)7-11-3-5-14(12,13)6-4-11/h8-9H,3-7,10H2,1-2H3. The van der Waals surface area contributed by atoms with Gasteiger partial charge in [0.25, 0.3) is 0 Å². The number of hydrogen-bond donors (Lipinski definition) is 1. The highest BCUT2D eigenvalue weighted by atomic mass is 32.2. The zero-order valence-electron chi connectivity index (χ0n) is 8.94. The van der Waals surface area contributed by atoms with E-state index in [2.05, 4.69) is 18.7 Å². The highest BCUT2D eigenvalue weighted by molar-refractivity contribution is 7.91. The summed E-state index contributed by atoms with van der Waals surface area (Å²) in [6.45, 7) is 6.27. The van der Waals surface area contributed by atoms with E-state index in [-0.39, 0.29) is 17.5 Å². The molecule has 1 atom stereocenters. The Balaban J connectivity index is 2.36. The minimum Gasteiger partial charge on any atom is -0.326 e. The van der Waals surface area contributed by atoms with Crippen LogP contribution in [0.1, 0.15) is 13.8 Å². The minimum atomic E-state index is -2.75. The van der Waals surface area contributed by atoms with E-state index < -0.39 is 9.84 Å². The van der Waals surface area contributed by atoms with E-state index in [0.717, 1.165) is 6.54 Å². The van der Waals surface area contributed by atoms with Gasteiger partial charge in [-0.25, -0.2) is 8.42 Å². The molecule has 1 aliphatic rings. The van der Waals surface area contributed by atoms with Gasteiger partial charge in [-0.1, -0.05) is 13.8 Å². The molecule has 1 aliphatic heterocycles. The van der Waals surface area contributed by atoms with Crippen molar-refractivity contribution in [1.82, 2.24) is 4.90 Å². The summed E-state index contributed by atoms with van der Waals surface area (Å²) in [7, 11) is -2.75. The Hall–Kier alpha value is -0.130. The van der Waals surface area contributed by atoms with Gasteiger partial charge < -0.3 is 5.73 Å². The van der Waals surface area contributed by atoms with Crippen LogP contribution in [0.4, 0.5) is 0 Å². The number of nitrogens with zero attached hydrogens (tertiary/aromatic N) is 1. The summed E-state index contributed by atoms with van der Waals surface area (Å²) in [5.41, 5.74) is 5.92. The Kier molecular flexibility index (Phi) is 3.92. The maximum atomic E-state index is 11.2. The molecule has 0 aromatic heterocycles. The van der Waals surface area contributed by atoms with E-state index in [9.17, 15) is 8.42 Å². The van der Waals surface area contributed by atoms with Gasteiger partial charge >= 0.3 is 0 Å². The van der Waals surface area contributed by atoms with Crippen LogP contribution in [-0.2, 0) is 9.84 Å². The van der Waals surface area contributed by atoms with Crippen molar-refractivity contribution in [2.24, 2.45) is 11.7 Å². The summed E-state index contributed by atoms with van der Waals surface area (Å²) >= 11 is 0. The van der Waals surface area contributed by atoms with Crippen molar-refractivity contribution in [3.63, 3.8) is 0 Å². The molecule has 1 rings (SSSR count). The summed E-state index contributed by atoms with van der Waals surface area (Å²) in [6, 6.07) is 0.149. The molecule has 1 saturated heterocycles. The molecule has 0 saturated carbocycles. The smallest absolute Gasteiger partial charge is 0.152 e. The second-order valence-corrected chi connectivity index (χ2v) is 6.66. The van der Waals surface area contributed by atoms with Gasteiger partial charge in [0.05, 0.1) is 11.5 Å². The fraction of sp³-hybridized carbons (Fsp3) is 1.00. The topological polar surface area (TPSA) is 63.4 Å². The molecule has 0 spiro atoms. The molecular formula is C9H20N2O2S. The second kappa shape index (κ2) is 4.59. The summed E-state index contributed by atoms with van der Waals surface area (Å²) in [6.07, 6.45) is 0. The van der Waals surface area contributed by atoms with Crippen molar-refractivity contribution in [3.8, 4) is 0 Å². The van der Waals surface area contributed by atoms with E-state index >= 15 is 0 Å². The van der Waals surface area contributed by atoms with Gasteiger partial charge in [-0.05, 0) is 5.92 Å². The first kappa shape index (κ1) is 11.9. The van der Waals surface area contributed by atoms with Gasteiger partial charge in [0, 0.05) is 25.7 Å². The van der Waals surface area contributed by atoms with Crippen LogP contribution < -0.4 is 5.73 Å². The van der Waals surface area contributed by atoms with Crippen LogP contribution >= 0.6 is 0 Å². The molecule has 1 heterocycles. The second-order valence-electron chi connectivity index (χ2n) is 4.36. The molecule has 0 amide bonds. The maximum Gasteiger partial charge on any atom is 0.152 e. The maximum absolute atomic E-state index is 11.2. The molecule has 0 aliphatic carbocycles. The lowest BCUT2D eigenvalue weighted by Gasteiger charge is -2.30. The van der Waals surface area contributed by atoms with Gasteiger partial charge in [0.15, 0.2) is 9.84 Å². The van der Waals surface area contributed by atoms with Gasteiger partial charge in [0.2, 0.25) is 0 Å². The molecule has 14 heavy (non-hydrogen) atoms. The average molecular weight is 220 g/mol. The zero-order chi connectivity index (χ0) is 10.8. The highest BCUT2D eigenvalue weighted by Crippen LogP contribution is 2.06. The number of rotatable bonds is 3. The largest absolute Gasteiger partial charge is 0.326 e. The van der Waals surface area contributed by atoms with Crippen LogP contribution in [0.15, 0.2) is 0 Å². The zero-order valence-corrected chi connectivity index (χ0v) is 9.76. The van der Waals surface area contributed by atoms with Crippen molar-refractivity contribution in [2.75, 3.05) is 31.1 Å². The van der Waals surface area contributed by atoms with E-state index in [1.807, 2.05) is 0 Å². The van der Waals surface area contributed by atoms with Gasteiger partial charge in [0.1, 0.15) is 0 Å². The van der Waals surface area contributed by atoms with E-state index in [1.165, 1.54) is 0 Å². The molecule has 84 valence electrons. The fourth-order valence-electron chi connectivity index (χ4n) is 1.44. The quantitative estimate of drug-likeness (QED) is 0.709. The molecule has 0 aromatic rings. The Morgan fingerprint density at radius 1 is 1.29 bits per heavy atom. The molecule has 1 fully saturated rings. The summed E-state index contributed by atoms with van der Waals surface area (Å²) in [5, 5.41) is 0. The van der Waals surface area contributed by atoms with E-state index in [1.54, 1.807) is 0 Å². The highest BCUT2D eigenvalue weighted by Gasteiger charge is 2.23. The normalized spacial score (nSPS) is 25.1. The first-order chi connectivity index (χ1) is 6.41. The van der Waals surface area contributed by atoms with Crippen LogP contribution in [0.2, 0.25) is 0 Å². The summed E-state index contributed by atoms with van der Waals surface area (Å²) < 4.78 is 22.3. The first-order valence-corrected chi connectivity index (χ1v) is 6.91. The van der Waals surface area contributed by atoms with E-state index in [0.29, 0.717) is 19.0 Å². The van der Waals surface area contributed by atoms with Crippen molar-refractivity contribution in [1.29, 1.82) is 0 Å². The molecule has 2 N–H and O–H groups in total. The third-order valence-electron chi connectivity index (χ3n) is 2.76. The van der Waals surface area contributed by atoms with Crippen molar-refractivity contribution in [2.45, 2.75) is 19.9 Å². The lowest BCUT2D eigenvalue weighted by Crippen LogP contribution is -2.47. The monoisotopic (exact) mass is 220 g/mol. The Morgan fingerprint density at radius 2 is 1.79 bits per heavy atom. The summed E-state index contributed by atoms with van der Waals surface area (Å²) in [4.78, 5) is 2.14. The predicted molar refractivity (Wildman–Crippen MR) is 57.9 cm³/mol. The fourth-order valence-corrected chi connectivity index (χ4v) is 2.72. The molecule has 1 unspecified atom stereocenters. The summed E-state index contributed by atoms with van der Waals surface area (Å²) in [5.74, 6) is 1.03. The SMILES string of the molecule is CC(C)C(N)CN1CCS(=O)(=O)CC1. The van der Waals surface area contributed by atoms with Crippen LogP contribution in [0.3, 0.4) is 0 Å². The van der Waals surface area contributed by atoms with Crippen molar-refractivity contribution < 1.29 is 8.42 Å². The molecule has 0 radical (unpaired) electrons. The third kappa shape index (κ3) is 3.55. The van der Waals surface area contributed by atoms with E-state index in [4.69, 9.17) is 5.73 Å². The molecule has 5 heteroatoms.